The minimum Gasteiger partial charge on any atom is -0.432 e. The summed E-state index contributed by atoms with van der Waals surface area (Å²) in [6.45, 7) is 0. The lowest BCUT2D eigenvalue weighted by Crippen LogP contribution is -1.96. The van der Waals surface area contributed by atoms with Crippen molar-refractivity contribution in [1.29, 1.82) is 0 Å². The third-order valence-electron chi connectivity index (χ3n) is 1.09. The summed E-state index contributed by atoms with van der Waals surface area (Å²) in [4.78, 5) is 23.6. The van der Waals surface area contributed by atoms with E-state index >= 15 is 0 Å². The topological polar surface area (TPSA) is 98.5 Å². The molecule has 0 aliphatic rings. The third kappa shape index (κ3) is 1.40. The lowest BCUT2D eigenvalue weighted by atomic mass is 10.3. The Hall–Kier alpha value is -1.72. The predicted octanol–water partition coefficient (Wildman–Crippen LogP) is 0.263. The van der Waals surface area contributed by atoms with Crippen molar-refractivity contribution >= 4 is 12.3 Å². The highest BCUT2D eigenvalue weighted by atomic mass is 16.4. The van der Waals surface area contributed by atoms with Gasteiger partial charge in [-0.25, -0.2) is 0 Å². The molecule has 1 heterocycles. The standard InChI is InChI=1S/C5H5N3O3/c6-5-7-4(2-11-5)3(1-9)8-10/h1-3H,(H2,6,7). The maximum atomic E-state index is 10.1. The summed E-state index contributed by atoms with van der Waals surface area (Å²) in [7, 11) is 0. The number of carbonyl (C=O) groups is 1. The zero-order chi connectivity index (χ0) is 8.27. The molecule has 1 aromatic rings. The van der Waals surface area contributed by atoms with Crippen LogP contribution < -0.4 is 5.73 Å². The van der Waals surface area contributed by atoms with Gasteiger partial charge in [-0.05, 0) is 0 Å². The summed E-state index contributed by atoms with van der Waals surface area (Å²) in [6, 6.07) is -1.20. The van der Waals surface area contributed by atoms with Crippen LogP contribution in [0.15, 0.2) is 15.9 Å². The Bertz CT molecular complexity index is 262. The average Bonchev–Trinajstić information content (AvgIpc) is 2.39. The molecule has 0 fully saturated rings. The predicted molar refractivity (Wildman–Crippen MR) is 35.5 cm³/mol. The van der Waals surface area contributed by atoms with E-state index in [9.17, 15) is 9.70 Å². The molecule has 0 spiro atoms. The van der Waals surface area contributed by atoms with Crippen LogP contribution in [0, 0.1) is 4.91 Å². The molecule has 0 aliphatic carbocycles. The van der Waals surface area contributed by atoms with E-state index in [2.05, 4.69) is 14.6 Å². The highest BCUT2D eigenvalue weighted by Gasteiger charge is 2.14. The van der Waals surface area contributed by atoms with Crippen LogP contribution in [0.4, 0.5) is 6.01 Å². The number of aldehydes is 1. The summed E-state index contributed by atoms with van der Waals surface area (Å²) >= 11 is 0. The van der Waals surface area contributed by atoms with E-state index in [1.165, 1.54) is 0 Å². The number of oxazole rings is 1. The van der Waals surface area contributed by atoms with Crippen LogP contribution in [-0.2, 0) is 4.79 Å². The van der Waals surface area contributed by atoms with E-state index < -0.39 is 6.04 Å². The van der Waals surface area contributed by atoms with Crippen molar-refractivity contribution in [2.24, 2.45) is 5.18 Å². The molecular weight excluding hydrogens is 150 g/mol. The van der Waals surface area contributed by atoms with Crippen LogP contribution >= 0.6 is 0 Å². The first-order valence-electron chi connectivity index (χ1n) is 2.76. The van der Waals surface area contributed by atoms with Gasteiger partial charge in [0.2, 0.25) is 0 Å². The van der Waals surface area contributed by atoms with Crippen molar-refractivity contribution in [3.8, 4) is 0 Å². The zero-order valence-corrected chi connectivity index (χ0v) is 5.43. The molecule has 0 radical (unpaired) electrons. The van der Waals surface area contributed by atoms with Gasteiger partial charge in [0.25, 0.3) is 6.01 Å². The minimum atomic E-state index is -1.11. The Kier molecular flexibility index (Phi) is 1.95. The van der Waals surface area contributed by atoms with E-state index in [4.69, 9.17) is 5.73 Å². The fourth-order valence-electron chi connectivity index (χ4n) is 0.585. The van der Waals surface area contributed by atoms with Gasteiger partial charge in [-0.15, -0.1) is 4.91 Å². The fourth-order valence-corrected chi connectivity index (χ4v) is 0.585. The molecule has 0 saturated carbocycles. The molecule has 0 aromatic carbocycles. The SMILES string of the molecule is Nc1nc(C(C=O)N=O)co1. The lowest BCUT2D eigenvalue weighted by Gasteiger charge is -1.89. The molecule has 0 saturated heterocycles. The summed E-state index contributed by atoms with van der Waals surface area (Å²) in [5.74, 6) is 0. The van der Waals surface area contributed by atoms with Crippen molar-refractivity contribution < 1.29 is 9.21 Å². The van der Waals surface area contributed by atoms with Gasteiger partial charge in [0, 0.05) is 0 Å². The van der Waals surface area contributed by atoms with Crippen LogP contribution in [0.25, 0.3) is 0 Å². The minimum absolute atomic E-state index is 0.0875. The highest BCUT2D eigenvalue weighted by Crippen LogP contribution is 2.14. The largest absolute Gasteiger partial charge is 0.432 e. The Morgan fingerprint density at radius 3 is 2.91 bits per heavy atom. The van der Waals surface area contributed by atoms with Gasteiger partial charge in [-0.2, -0.15) is 4.98 Å². The second-order valence-corrected chi connectivity index (χ2v) is 1.80. The van der Waals surface area contributed by atoms with Crippen molar-refractivity contribution in [1.82, 2.24) is 4.98 Å². The zero-order valence-electron chi connectivity index (χ0n) is 5.43. The number of hydrogen-bond acceptors (Lipinski definition) is 6. The third-order valence-corrected chi connectivity index (χ3v) is 1.09. The molecule has 1 unspecified atom stereocenters. The van der Waals surface area contributed by atoms with Gasteiger partial charge in [-0.3, -0.25) is 0 Å². The number of carbonyl (C=O) groups excluding carboxylic acids is 1. The highest BCUT2D eigenvalue weighted by molar-refractivity contribution is 5.60. The van der Waals surface area contributed by atoms with Crippen LogP contribution in [0.5, 0.6) is 0 Å². The normalized spacial score (nSPS) is 12.4. The number of nitrogens with two attached hydrogens (primary N) is 1. The Morgan fingerprint density at radius 2 is 2.55 bits per heavy atom. The van der Waals surface area contributed by atoms with E-state index in [1.54, 1.807) is 0 Å². The average molecular weight is 155 g/mol. The number of nitroso groups, excluding NO2 is 1. The monoisotopic (exact) mass is 155 g/mol. The molecule has 6 nitrogen and oxygen atoms in total. The fraction of sp³-hybridized carbons (Fsp3) is 0.200. The number of anilines is 1. The molecule has 0 bridgehead atoms. The van der Waals surface area contributed by atoms with Gasteiger partial charge < -0.3 is 14.9 Å². The second kappa shape index (κ2) is 2.91. The molecule has 2 N–H and O–H groups in total. The van der Waals surface area contributed by atoms with Crippen LogP contribution in [0.2, 0.25) is 0 Å². The summed E-state index contributed by atoms with van der Waals surface area (Å²) < 4.78 is 4.56. The van der Waals surface area contributed by atoms with Gasteiger partial charge in [-0.1, -0.05) is 5.18 Å². The molecular formula is C5H5N3O3. The first kappa shape index (κ1) is 7.39. The Morgan fingerprint density at radius 1 is 1.82 bits per heavy atom. The van der Waals surface area contributed by atoms with Crippen molar-refractivity contribution in [2.45, 2.75) is 6.04 Å². The van der Waals surface area contributed by atoms with E-state index in [1.807, 2.05) is 0 Å². The molecule has 58 valence electrons. The van der Waals surface area contributed by atoms with Gasteiger partial charge in [0.05, 0.1) is 0 Å². The first-order chi connectivity index (χ1) is 5.27. The molecule has 1 atom stereocenters. The summed E-state index contributed by atoms with van der Waals surface area (Å²) in [5.41, 5.74) is 5.22. The lowest BCUT2D eigenvalue weighted by molar-refractivity contribution is -0.109. The van der Waals surface area contributed by atoms with Gasteiger partial charge in [0.15, 0.2) is 12.3 Å². The number of hydrogen-bond donors (Lipinski definition) is 1. The van der Waals surface area contributed by atoms with E-state index in [0.717, 1.165) is 6.26 Å². The Balaban J connectivity index is 2.89. The van der Waals surface area contributed by atoms with Crippen LogP contribution in [-0.4, -0.2) is 11.3 Å². The first-order valence-corrected chi connectivity index (χ1v) is 2.76. The number of nitrogen functional groups attached to an aromatic ring is 1. The molecule has 6 heteroatoms. The number of nitrogens with zero attached hydrogens (tertiary/aromatic N) is 2. The maximum absolute atomic E-state index is 10.1. The molecule has 1 aromatic heterocycles. The van der Waals surface area contributed by atoms with E-state index in [-0.39, 0.29) is 11.7 Å². The van der Waals surface area contributed by atoms with E-state index in [0.29, 0.717) is 6.29 Å². The smallest absolute Gasteiger partial charge is 0.292 e. The van der Waals surface area contributed by atoms with Crippen LogP contribution in [0.3, 0.4) is 0 Å². The number of rotatable bonds is 3. The van der Waals surface area contributed by atoms with Crippen molar-refractivity contribution in [3.63, 3.8) is 0 Å². The molecule has 1 rings (SSSR count). The second-order valence-electron chi connectivity index (χ2n) is 1.80. The van der Waals surface area contributed by atoms with Gasteiger partial charge >= 0.3 is 0 Å². The summed E-state index contributed by atoms with van der Waals surface area (Å²) in [6.07, 6.45) is 1.49. The number of aromatic nitrogens is 1. The Labute approximate surface area is 61.4 Å². The van der Waals surface area contributed by atoms with Crippen molar-refractivity contribution in [3.05, 3.63) is 16.9 Å². The molecule has 11 heavy (non-hydrogen) atoms. The van der Waals surface area contributed by atoms with Gasteiger partial charge in [0.1, 0.15) is 12.0 Å². The summed E-state index contributed by atoms with van der Waals surface area (Å²) in [5, 5.41) is 2.49. The molecule has 0 aliphatic heterocycles. The van der Waals surface area contributed by atoms with Crippen molar-refractivity contribution in [2.75, 3.05) is 5.73 Å². The maximum Gasteiger partial charge on any atom is 0.292 e. The van der Waals surface area contributed by atoms with Crippen LogP contribution in [0.1, 0.15) is 11.7 Å². The quantitative estimate of drug-likeness (QED) is 0.498. The molecule has 0 amide bonds.